The summed E-state index contributed by atoms with van der Waals surface area (Å²) in [6, 6.07) is 9.08. The summed E-state index contributed by atoms with van der Waals surface area (Å²) < 4.78 is 16.0. The highest BCUT2D eigenvalue weighted by atomic mass is 16.5. The summed E-state index contributed by atoms with van der Waals surface area (Å²) in [5.74, 6) is -1.27. The van der Waals surface area contributed by atoms with Crippen molar-refractivity contribution in [3.63, 3.8) is 0 Å². The lowest BCUT2D eigenvalue weighted by Gasteiger charge is -2.29. The normalized spacial score (nSPS) is 16.3. The third-order valence-electron chi connectivity index (χ3n) is 6.73. The quantitative estimate of drug-likeness (QED) is 0.155. The number of nitrogens with one attached hydrogen (secondary N) is 3. The maximum absolute atomic E-state index is 12.9. The van der Waals surface area contributed by atoms with Crippen molar-refractivity contribution in [3.8, 4) is 5.75 Å². The Hall–Kier alpha value is -4.49. The second-order valence-electron chi connectivity index (χ2n) is 9.47. The lowest BCUT2D eigenvalue weighted by Crippen LogP contribution is -2.52. The zero-order chi connectivity index (χ0) is 29.4. The predicted molar refractivity (Wildman–Crippen MR) is 147 cm³/mol. The largest absolute Gasteiger partial charge is 0.495 e. The van der Waals surface area contributed by atoms with Crippen LogP contribution in [0.25, 0.3) is 0 Å². The molecule has 41 heavy (non-hydrogen) atoms. The molecule has 13 nitrogen and oxygen atoms in total. The van der Waals surface area contributed by atoms with Gasteiger partial charge >= 0.3 is 0 Å². The number of piperidine rings is 1. The first-order valence-corrected chi connectivity index (χ1v) is 13.2. The van der Waals surface area contributed by atoms with E-state index < -0.39 is 11.9 Å². The number of anilines is 2. The van der Waals surface area contributed by atoms with Crippen molar-refractivity contribution in [2.75, 3.05) is 51.1 Å². The van der Waals surface area contributed by atoms with Gasteiger partial charge in [-0.2, -0.15) is 0 Å². The number of imide groups is 1. The summed E-state index contributed by atoms with van der Waals surface area (Å²) in [5, 5.41) is 7.84. The fourth-order valence-electron chi connectivity index (χ4n) is 4.59. The lowest BCUT2D eigenvalue weighted by atomic mass is 10.0. The van der Waals surface area contributed by atoms with Gasteiger partial charge in [-0.3, -0.25) is 29.3 Å². The number of carbonyl (C=O) groups excluding carboxylic acids is 5. The molecule has 2 aliphatic rings. The molecule has 5 amide bonds. The molecule has 0 spiro atoms. The highest BCUT2D eigenvalue weighted by Crippen LogP contribution is 2.32. The van der Waals surface area contributed by atoms with Gasteiger partial charge in [-0.05, 0) is 36.8 Å². The van der Waals surface area contributed by atoms with Crippen LogP contribution in [0.3, 0.4) is 0 Å². The fraction of sp³-hybridized carbons (Fsp3) is 0.393. The Balaban J connectivity index is 1.12. The molecule has 13 heteroatoms. The third-order valence-corrected chi connectivity index (χ3v) is 6.73. The monoisotopic (exact) mass is 567 g/mol. The number of methoxy groups -OCH3 is 1. The maximum atomic E-state index is 12.9. The van der Waals surface area contributed by atoms with E-state index in [1.807, 2.05) is 0 Å². The van der Waals surface area contributed by atoms with E-state index in [1.165, 1.54) is 12.0 Å². The van der Waals surface area contributed by atoms with Crippen LogP contribution in [0.1, 0.15) is 45.5 Å². The first-order chi connectivity index (χ1) is 19.8. The molecule has 0 aliphatic carbocycles. The predicted octanol–water partition coefficient (Wildman–Crippen LogP) is 0.830. The second kappa shape index (κ2) is 13.7. The van der Waals surface area contributed by atoms with E-state index in [4.69, 9.17) is 19.9 Å². The highest BCUT2D eigenvalue weighted by molar-refractivity contribution is 6.06. The van der Waals surface area contributed by atoms with Crippen LogP contribution in [0.2, 0.25) is 0 Å². The van der Waals surface area contributed by atoms with Crippen LogP contribution in [0.5, 0.6) is 5.75 Å². The number of hydrogen-bond acceptors (Lipinski definition) is 9. The fourth-order valence-corrected chi connectivity index (χ4v) is 4.59. The number of carbonyl (C=O) groups is 5. The molecule has 4 rings (SSSR count). The zero-order valence-corrected chi connectivity index (χ0v) is 22.7. The van der Waals surface area contributed by atoms with E-state index in [2.05, 4.69) is 16.0 Å². The number of amides is 5. The van der Waals surface area contributed by atoms with E-state index in [-0.39, 0.29) is 75.9 Å². The van der Waals surface area contributed by atoms with Gasteiger partial charge in [0.2, 0.25) is 17.7 Å². The van der Waals surface area contributed by atoms with E-state index in [1.54, 1.807) is 36.4 Å². The molecule has 1 unspecified atom stereocenters. The van der Waals surface area contributed by atoms with Gasteiger partial charge in [-0.1, -0.05) is 6.07 Å². The molecule has 2 aromatic carbocycles. The van der Waals surface area contributed by atoms with Crippen molar-refractivity contribution < 1.29 is 38.2 Å². The van der Waals surface area contributed by atoms with Crippen LogP contribution in [0.15, 0.2) is 36.4 Å². The molecule has 0 saturated carbocycles. The molecule has 1 atom stereocenters. The Morgan fingerprint density at radius 2 is 1.85 bits per heavy atom. The van der Waals surface area contributed by atoms with Gasteiger partial charge in [-0.15, -0.1) is 0 Å². The average Bonchev–Trinajstić information content (AvgIpc) is 3.29. The van der Waals surface area contributed by atoms with Crippen LogP contribution in [-0.2, 0) is 30.4 Å². The lowest BCUT2D eigenvalue weighted by molar-refractivity contribution is -0.137. The molecule has 0 bridgehead atoms. The van der Waals surface area contributed by atoms with Crippen molar-refractivity contribution in [2.45, 2.75) is 31.8 Å². The molecule has 1 fully saturated rings. The van der Waals surface area contributed by atoms with Crippen molar-refractivity contribution in [1.82, 2.24) is 15.5 Å². The summed E-state index contributed by atoms with van der Waals surface area (Å²) in [5.41, 5.74) is 8.18. The Bertz CT molecular complexity index is 1330. The number of hydrogen-bond donors (Lipinski definition) is 4. The summed E-state index contributed by atoms with van der Waals surface area (Å²) >= 11 is 0. The summed E-state index contributed by atoms with van der Waals surface area (Å²) in [7, 11) is 1.48. The molecule has 0 radical (unpaired) electrons. The number of ether oxygens (including phenoxy) is 3. The topological polar surface area (TPSA) is 178 Å². The molecule has 2 aliphatic heterocycles. The van der Waals surface area contributed by atoms with E-state index in [0.717, 1.165) is 0 Å². The number of nitrogens with two attached hydrogens (primary N) is 1. The van der Waals surface area contributed by atoms with Gasteiger partial charge in [0.05, 0.1) is 45.6 Å². The Morgan fingerprint density at radius 3 is 2.61 bits per heavy atom. The first-order valence-electron chi connectivity index (χ1n) is 13.2. The van der Waals surface area contributed by atoms with Crippen LogP contribution in [-0.4, -0.2) is 80.6 Å². The minimum absolute atomic E-state index is 0.0928. The van der Waals surface area contributed by atoms with Gasteiger partial charge in [0, 0.05) is 41.9 Å². The molecule has 218 valence electrons. The average molecular weight is 568 g/mol. The van der Waals surface area contributed by atoms with Crippen molar-refractivity contribution in [2.24, 2.45) is 0 Å². The summed E-state index contributed by atoms with van der Waals surface area (Å²) in [6.45, 7) is 1.49. The van der Waals surface area contributed by atoms with E-state index >= 15 is 0 Å². The molecule has 1 saturated heterocycles. The van der Waals surface area contributed by atoms with Crippen LogP contribution >= 0.6 is 0 Å². The molecule has 0 aromatic heterocycles. The molecule has 2 aromatic rings. The standard InChI is InChI=1S/C28H33N5O8/c1-39-23-15-17(5-6-20(23)29)26(36)30-10-12-41-14-13-40-11-9-25(35)31-21-4-2-3-18-19(21)16-33(28(18)38)22-7-8-24(34)32-27(22)37/h2-6,15,22H,7-14,16,29H2,1H3,(H,30,36)(H,31,35)(H,32,34,37). The summed E-state index contributed by atoms with van der Waals surface area (Å²) in [6.07, 6.45) is 0.527. The number of fused-ring (bicyclic) bond motifs is 1. The van der Waals surface area contributed by atoms with Gasteiger partial charge in [0.1, 0.15) is 11.8 Å². The van der Waals surface area contributed by atoms with Crippen LogP contribution in [0.4, 0.5) is 11.4 Å². The van der Waals surface area contributed by atoms with Crippen LogP contribution < -0.4 is 26.4 Å². The maximum Gasteiger partial charge on any atom is 0.255 e. The SMILES string of the molecule is COc1cc(C(=O)NCCOCCOCCC(=O)Nc2cccc3c2CN(C2CCC(=O)NC2=O)C3=O)ccc1N. The second-order valence-corrected chi connectivity index (χ2v) is 9.47. The molecular weight excluding hydrogens is 534 g/mol. The van der Waals surface area contributed by atoms with Crippen molar-refractivity contribution >= 4 is 40.9 Å². The number of benzene rings is 2. The van der Waals surface area contributed by atoms with E-state index in [9.17, 15) is 24.0 Å². The number of nitrogens with zero attached hydrogens (tertiary/aromatic N) is 1. The Labute approximate surface area is 236 Å². The zero-order valence-electron chi connectivity index (χ0n) is 22.7. The van der Waals surface area contributed by atoms with Gasteiger partial charge < -0.3 is 35.5 Å². The van der Waals surface area contributed by atoms with Crippen LogP contribution in [0, 0.1) is 0 Å². The minimum atomic E-state index is -0.726. The smallest absolute Gasteiger partial charge is 0.255 e. The molecule has 5 N–H and O–H groups in total. The van der Waals surface area contributed by atoms with Gasteiger partial charge in [0.15, 0.2) is 0 Å². The minimum Gasteiger partial charge on any atom is -0.495 e. The molecular formula is C28H33N5O8. The molecule has 2 heterocycles. The number of nitrogen functional groups attached to an aromatic ring is 1. The Kier molecular flexibility index (Phi) is 9.87. The first kappa shape index (κ1) is 29.5. The van der Waals surface area contributed by atoms with Crippen molar-refractivity contribution in [1.29, 1.82) is 0 Å². The Morgan fingerprint density at radius 1 is 1.07 bits per heavy atom. The van der Waals surface area contributed by atoms with Gasteiger partial charge in [-0.25, -0.2) is 0 Å². The van der Waals surface area contributed by atoms with Crippen molar-refractivity contribution in [3.05, 3.63) is 53.1 Å². The number of rotatable bonds is 13. The van der Waals surface area contributed by atoms with Gasteiger partial charge in [0.25, 0.3) is 11.8 Å². The highest BCUT2D eigenvalue weighted by Gasteiger charge is 2.39. The third kappa shape index (κ3) is 7.38. The van der Waals surface area contributed by atoms with E-state index in [0.29, 0.717) is 40.4 Å². The summed E-state index contributed by atoms with van der Waals surface area (Å²) in [4.78, 5) is 62.8.